The Labute approximate surface area is 202 Å². The van der Waals surface area contributed by atoms with Crippen LogP contribution >= 0.6 is 24.8 Å². The number of thiol groups is 1. The first-order valence-corrected chi connectivity index (χ1v) is 13.1. The SMILES string of the molecule is CC.CCCCC/C(C)=C(/C=C(\C)SNC(=O)CCCCCC#N)C(CNS)NCC. The van der Waals surface area contributed by atoms with E-state index in [0.717, 1.165) is 43.7 Å². The molecule has 0 aromatic heterocycles. The fraction of sp³-hybridized carbons (Fsp3) is 0.750. The first-order chi connectivity index (χ1) is 15.0. The monoisotopic (exact) mass is 470 g/mol. The van der Waals surface area contributed by atoms with Crippen molar-refractivity contribution in [1.29, 1.82) is 5.26 Å². The lowest BCUT2D eigenvalue weighted by Crippen LogP contribution is -2.38. The summed E-state index contributed by atoms with van der Waals surface area (Å²) in [5, 5.41) is 12.1. The van der Waals surface area contributed by atoms with Gasteiger partial charge in [-0.25, -0.2) is 0 Å². The predicted octanol–water partition coefficient (Wildman–Crippen LogP) is 6.46. The Morgan fingerprint density at radius 3 is 2.35 bits per heavy atom. The van der Waals surface area contributed by atoms with Gasteiger partial charge in [-0.2, -0.15) is 5.26 Å². The van der Waals surface area contributed by atoms with Crippen LogP contribution in [0.15, 0.2) is 22.1 Å². The van der Waals surface area contributed by atoms with E-state index in [1.54, 1.807) is 0 Å². The molecule has 7 heteroatoms. The van der Waals surface area contributed by atoms with Crippen LogP contribution in [0.4, 0.5) is 0 Å². The number of nitrogens with zero attached hydrogens (tertiary/aromatic N) is 1. The molecule has 0 heterocycles. The van der Waals surface area contributed by atoms with Gasteiger partial charge in [0, 0.05) is 30.3 Å². The van der Waals surface area contributed by atoms with Gasteiger partial charge >= 0.3 is 0 Å². The molecule has 5 nitrogen and oxygen atoms in total. The van der Waals surface area contributed by atoms with Gasteiger partial charge in [0.15, 0.2) is 0 Å². The molecule has 1 unspecified atom stereocenters. The molecule has 1 atom stereocenters. The van der Waals surface area contributed by atoms with Gasteiger partial charge in [-0.1, -0.05) is 65.3 Å². The van der Waals surface area contributed by atoms with Crippen LogP contribution in [-0.2, 0) is 4.79 Å². The fourth-order valence-corrected chi connectivity index (χ4v) is 3.78. The standard InChI is InChI=1S/C22H40N4OS2.C2H6/c1-5-7-10-13-18(3)20(21(17-25-28)24-6-2)16-19(4)29-26-22(27)14-11-8-9-12-15-23;1-2/h16,21,24-25,28H,5-14,17H2,1-4H3,(H,26,27);1-2H3/b19-16+,20-18-;. The molecule has 0 aromatic carbocycles. The lowest BCUT2D eigenvalue weighted by atomic mass is 9.96. The molecule has 0 spiro atoms. The van der Waals surface area contributed by atoms with Crippen molar-refractivity contribution in [3.63, 3.8) is 0 Å². The lowest BCUT2D eigenvalue weighted by molar-refractivity contribution is -0.119. The van der Waals surface area contributed by atoms with Crippen molar-refractivity contribution in [1.82, 2.24) is 14.8 Å². The predicted molar refractivity (Wildman–Crippen MR) is 141 cm³/mol. The highest BCUT2D eigenvalue weighted by molar-refractivity contribution is 8.01. The van der Waals surface area contributed by atoms with E-state index >= 15 is 0 Å². The third-order valence-corrected chi connectivity index (χ3v) is 5.60. The third-order valence-electron chi connectivity index (χ3n) is 4.65. The molecule has 3 N–H and O–H groups in total. The van der Waals surface area contributed by atoms with Crippen molar-refractivity contribution in [3.8, 4) is 6.07 Å². The molecule has 180 valence electrons. The molecular formula is C24H46N4OS2. The maximum Gasteiger partial charge on any atom is 0.230 e. The Kier molecular flexibility index (Phi) is 24.7. The fourth-order valence-electron chi connectivity index (χ4n) is 3.04. The van der Waals surface area contributed by atoms with Crippen molar-refractivity contribution in [2.45, 2.75) is 105 Å². The van der Waals surface area contributed by atoms with Crippen LogP contribution in [0.2, 0.25) is 0 Å². The summed E-state index contributed by atoms with van der Waals surface area (Å²) in [4.78, 5) is 13.1. The van der Waals surface area contributed by atoms with Gasteiger partial charge in [0.05, 0.1) is 6.07 Å². The van der Waals surface area contributed by atoms with Gasteiger partial charge < -0.3 is 5.32 Å². The molecule has 0 saturated carbocycles. The maximum absolute atomic E-state index is 12.0. The highest BCUT2D eigenvalue weighted by Crippen LogP contribution is 2.22. The van der Waals surface area contributed by atoms with Crippen molar-refractivity contribution in [2.24, 2.45) is 0 Å². The molecule has 0 radical (unpaired) electrons. The molecular weight excluding hydrogens is 424 g/mol. The van der Waals surface area contributed by atoms with Gasteiger partial charge in [0.1, 0.15) is 0 Å². The van der Waals surface area contributed by atoms with Crippen LogP contribution in [0.5, 0.6) is 0 Å². The summed E-state index contributed by atoms with van der Waals surface area (Å²) in [6.07, 6.45) is 10.6. The van der Waals surface area contributed by atoms with E-state index < -0.39 is 0 Å². The molecule has 0 bridgehead atoms. The first-order valence-electron chi connectivity index (χ1n) is 11.8. The van der Waals surface area contributed by atoms with E-state index in [-0.39, 0.29) is 11.9 Å². The van der Waals surface area contributed by atoms with E-state index in [9.17, 15) is 4.79 Å². The molecule has 1 amide bonds. The van der Waals surface area contributed by atoms with Crippen LogP contribution in [-0.4, -0.2) is 25.0 Å². The Morgan fingerprint density at radius 2 is 1.77 bits per heavy atom. The van der Waals surface area contributed by atoms with Crippen LogP contribution in [0, 0.1) is 11.3 Å². The van der Waals surface area contributed by atoms with E-state index in [0.29, 0.717) is 12.8 Å². The Morgan fingerprint density at radius 1 is 1.10 bits per heavy atom. The number of hydrogen-bond acceptors (Lipinski definition) is 6. The van der Waals surface area contributed by atoms with Crippen molar-refractivity contribution in [3.05, 3.63) is 22.1 Å². The summed E-state index contributed by atoms with van der Waals surface area (Å²) in [6, 6.07) is 2.32. The summed E-state index contributed by atoms with van der Waals surface area (Å²) >= 11 is 5.59. The molecule has 0 aliphatic heterocycles. The van der Waals surface area contributed by atoms with E-state index in [2.05, 4.69) is 60.5 Å². The molecule has 31 heavy (non-hydrogen) atoms. The second kappa shape index (κ2) is 23.7. The minimum absolute atomic E-state index is 0.0464. The molecule has 0 aromatic rings. The average Bonchev–Trinajstić information content (AvgIpc) is 2.77. The molecule has 0 aliphatic rings. The van der Waals surface area contributed by atoms with E-state index in [1.165, 1.54) is 42.4 Å². The number of allylic oxidation sites excluding steroid dienone is 2. The quantitative estimate of drug-likeness (QED) is 0.0849. The Hall–Kier alpha value is -0.940. The van der Waals surface area contributed by atoms with Crippen LogP contribution in [0.3, 0.4) is 0 Å². The molecule has 0 aliphatic carbocycles. The molecule has 0 fully saturated rings. The van der Waals surface area contributed by atoms with Crippen LogP contribution in [0.25, 0.3) is 0 Å². The number of nitriles is 1. The molecule has 0 rings (SSSR count). The molecule has 0 saturated heterocycles. The minimum Gasteiger partial charge on any atom is -0.309 e. The van der Waals surface area contributed by atoms with Gasteiger partial charge in [-0.05, 0) is 69.7 Å². The van der Waals surface area contributed by atoms with Crippen LogP contribution in [0.1, 0.15) is 99.3 Å². The number of carbonyl (C=O) groups excluding carboxylic acids is 1. The zero-order valence-corrected chi connectivity index (χ0v) is 22.4. The third kappa shape index (κ3) is 18.3. The maximum atomic E-state index is 12.0. The average molecular weight is 471 g/mol. The topological polar surface area (TPSA) is 77.0 Å². The highest BCUT2D eigenvalue weighted by Gasteiger charge is 2.14. The lowest BCUT2D eigenvalue weighted by Gasteiger charge is -2.22. The Bertz CT molecular complexity index is 550. The number of rotatable bonds is 17. The highest BCUT2D eigenvalue weighted by atomic mass is 32.2. The largest absolute Gasteiger partial charge is 0.309 e. The second-order valence-corrected chi connectivity index (χ2v) is 8.63. The zero-order chi connectivity index (χ0) is 23.9. The normalized spacial score (nSPS) is 12.9. The number of likely N-dealkylation sites (N-methyl/N-ethyl adjacent to an activating group) is 1. The van der Waals surface area contributed by atoms with E-state index in [4.69, 9.17) is 5.26 Å². The smallest absolute Gasteiger partial charge is 0.230 e. The van der Waals surface area contributed by atoms with Gasteiger partial charge in [0.25, 0.3) is 0 Å². The van der Waals surface area contributed by atoms with Crippen molar-refractivity contribution >= 4 is 30.7 Å². The van der Waals surface area contributed by atoms with Gasteiger partial charge in [-0.3, -0.25) is 14.2 Å². The van der Waals surface area contributed by atoms with Gasteiger partial charge in [0.2, 0.25) is 5.91 Å². The van der Waals surface area contributed by atoms with Gasteiger partial charge in [-0.15, -0.1) is 0 Å². The zero-order valence-electron chi connectivity index (χ0n) is 20.6. The van der Waals surface area contributed by atoms with E-state index in [1.807, 2.05) is 20.8 Å². The summed E-state index contributed by atoms with van der Waals surface area (Å²) in [5.74, 6) is 0.0464. The minimum atomic E-state index is 0.0464. The summed E-state index contributed by atoms with van der Waals surface area (Å²) in [6.45, 7) is 14.2. The second-order valence-electron chi connectivity index (χ2n) is 7.27. The van der Waals surface area contributed by atoms with Crippen molar-refractivity contribution in [2.75, 3.05) is 13.1 Å². The first kappa shape index (κ1) is 32.2. The van der Waals surface area contributed by atoms with Crippen molar-refractivity contribution < 1.29 is 4.79 Å². The number of carbonyl (C=O) groups is 1. The number of nitrogens with one attached hydrogen (secondary N) is 3. The number of unbranched alkanes of at least 4 members (excludes halogenated alkanes) is 5. The van der Waals surface area contributed by atoms with Crippen LogP contribution < -0.4 is 14.8 Å². The summed E-state index contributed by atoms with van der Waals surface area (Å²) < 4.78 is 5.93. The number of hydrogen-bond donors (Lipinski definition) is 4. The summed E-state index contributed by atoms with van der Waals surface area (Å²) in [7, 11) is 0. The number of amides is 1. The summed E-state index contributed by atoms with van der Waals surface area (Å²) in [5.41, 5.74) is 2.66. The Balaban J connectivity index is 0.